The molecule has 5 nitrogen and oxygen atoms in total. The maximum Gasteiger partial charge on any atom is 0.236 e. The molecule has 0 bridgehead atoms. The van der Waals surface area contributed by atoms with E-state index < -0.39 is 6.04 Å². The van der Waals surface area contributed by atoms with Gasteiger partial charge in [0.15, 0.2) is 0 Å². The van der Waals surface area contributed by atoms with Crippen molar-refractivity contribution in [2.24, 2.45) is 5.73 Å². The van der Waals surface area contributed by atoms with Gasteiger partial charge in [0.05, 0.1) is 6.04 Å². The highest BCUT2D eigenvalue weighted by molar-refractivity contribution is 5.88. The maximum atomic E-state index is 11.6. The lowest BCUT2D eigenvalue weighted by Gasteiger charge is -2.11. The molecule has 1 aromatic carbocycles. The number of carbonyl (C=O) groups is 2. The molecule has 0 radical (unpaired) electrons. The van der Waals surface area contributed by atoms with Crippen LogP contribution in [0.5, 0.6) is 0 Å². The second kappa shape index (κ2) is 8.32. The summed E-state index contributed by atoms with van der Waals surface area (Å²) in [5.74, 6) is -0.184. The SMILES string of the molecule is CCCC(N)C(=O)NCCc1ccc(NC(C)=O)cc1. The standard InChI is InChI=1S/C15H23N3O2/c1-3-4-14(16)15(20)17-10-9-12-5-7-13(8-6-12)18-11(2)19/h5-8,14H,3-4,9-10,16H2,1-2H3,(H,17,20)(H,18,19). The number of rotatable bonds is 7. The Kier molecular flexibility index (Phi) is 6.73. The first kappa shape index (κ1) is 16.2. The fourth-order valence-electron chi connectivity index (χ4n) is 1.86. The summed E-state index contributed by atoms with van der Waals surface area (Å²) in [6.07, 6.45) is 2.35. The molecule has 110 valence electrons. The van der Waals surface area contributed by atoms with Crippen LogP contribution in [-0.2, 0) is 16.0 Å². The van der Waals surface area contributed by atoms with Gasteiger partial charge in [-0.1, -0.05) is 25.5 Å². The van der Waals surface area contributed by atoms with Crippen LogP contribution in [0.25, 0.3) is 0 Å². The van der Waals surface area contributed by atoms with Crippen molar-refractivity contribution in [1.82, 2.24) is 5.32 Å². The topological polar surface area (TPSA) is 84.2 Å². The van der Waals surface area contributed by atoms with Crippen LogP contribution >= 0.6 is 0 Å². The van der Waals surface area contributed by atoms with Crippen LogP contribution in [0.4, 0.5) is 5.69 Å². The fraction of sp³-hybridized carbons (Fsp3) is 0.467. The van der Waals surface area contributed by atoms with Crippen LogP contribution in [0.1, 0.15) is 32.3 Å². The van der Waals surface area contributed by atoms with Gasteiger partial charge in [-0.3, -0.25) is 9.59 Å². The molecular weight excluding hydrogens is 254 g/mol. The van der Waals surface area contributed by atoms with Crippen molar-refractivity contribution in [3.63, 3.8) is 0 Å². The van der Waals surface area contributed by atoms with Gasteiger partial charge in [-0.15, -0.1) is 0 Å². The number of amides is 2. The highest BCUT2D eigenvalue weighted by atomic mass is 16.2. The normalized spacial score (nSPS) is 11.8. The highest BCUT2D eigenvalue weighted by Crippen LogP contribution is 2.09. The van der Waals surface area contributed by atoms with Crippen molar-refractivity contribution >= 4 is 17.5 Å². The lowest BCUT2D eigenvalue weighted by atomic mass is 10.1. The molecule has 0 aliphatic carbocycles. The molecule has 0 saturated carbocycles. The summed E-state index contributed by atoms with van der Waals surface area (Å²) < 4.78 is 0. The van der Waals surface area contributed by atoms with E-state index in [0.29, 0.717) is 13.0 Å². The predicted molar refractivity (Wildman–Crippen MR) is 80.3 cm³/mol. The van der Waals surface area contributed by atoms with E-state index in [1.807, 2.05) is 31.2 Å². The maximum absolute atomic E-state index is 11.6. The summed E-state index contributed by atoms with van der Waals surface area (Å²) in [5.41, 5.74) is 7.59. The summed E-state index contributed by atoms with van der Waals surface area (Å²) in [6.45, 7) is 4.04. The number of hydrogen-bond donors (Lipinski definition) is 3. The molecule has 0 aromatic heterocycles. The average molecular weight is 277 g/mol. The number of anilines is 1. The Balaban J connectivity index is 2.35. The van der Waals surface area contributed by atoms with Gasteiger partial charge in [0.1, 0.15) is 0 Å². The van der Waals surface area contributed by atoms with E-state index in [1.165, 1.54) is 6.92 Å². The third-order valence-electron chi connectivity index (χ3n) is 2.92. The molecule has 0 spiro atoms. The van der Waals surface area contributed by atoms with Crippen molar-refractivity contribution in [1.29, 1.82) is 0 Å². The zero-order valence-corrected chi connectivity index (χ0v) is 12.1. The largest absolute Gasteiger partial charge is 0.354 e. The molecule has 2 amide bonds. The molecule has 1 rings (SSSR count). The van der Waals surface area contributed by atoms with Crippen LogP contribution in [-0.4, -0.2) is 24.4 Å². The molecule has 20 heavy (non-hydrogen) atoms. The first-order valence-corrected chi connectivity index (χ1v) is 6.92. The minimum absolute atomic E-state index is 0.0880. The van der Waals surface area contributed by atoms with Crippen molar-refractivity contribution in [2.45, 2.75) is 39.2 Å². The Morgan fingerprint density at radius 3 is 2.45 bits per heavy atom. The third-order valence-corrected chi connectivity index (χ3v) is 2.92. The molecule has 0 aliphatic heterocycles. The smallest absolute Gasteiger partial charge is 0.236 e. The van der Waals surface area contributed by atoms with Gasteiger partial charge < -0.3 is 16.4 Å². The lowest BCUT2D eigenvalue weighted by molar-refractivity contribution is -0.122. The quantitative estimate of drug-likeness (QED) is 0.705. The number of nitrogens with one attached hydrogen (secondary N) is 2. The Bertz CT molecular complexity index is 443. The Morgan fingerprint density at radius 1 is 1.25 bits per heavy atom. The molecule has 0 heterocycles. The molecule has 1 aromatic rings. The lowest BCUT2D eigenvalue weighted by Crippen LogP contribution is -2.41. The molecular formula is C15H23N3O2. The molecule has 0 aliphatic rings. The second-order valence-electron chi connectivity index (χ2n) is 4.81. The number of nitrogens with two attached hydrogens (primary N) is 1. The Hall–Kier alpha value is -1.88. The van der Waals surface area contributed by atoms with Crippen LogP contribution in [0, 0.1) is 0 Å². The van der Waals surface area contributed by atoms with E-state index in [2.05, 4.69) is 10.6 Å². The first-order valence-electron chi connectivity index (χ1n) is 6.92. The molecule has 0 fully saturated rings. The van der Waals surface area contributed by atoms with E-state index in [1.54, 1.807) is 0 Å². The van der Waals surface area contributed by atoms with Crippen LogP contribution < -0.4 is 16.4 Å². The van der Waals surface area contributed by atoms with E-state index in [-0.39, 0.29) is 11.8 Å². The average Bonchev–Trinajstić information content (AvgIpc) is 2.40. The van der Waals surface area contributed by atoms with Gasteiger partial charge in [-0.05, 0) is 30.5 Å². The van der Waals surface area contributed by atoms with Crippen molar-refractivity contribution in [3.8, 4) is 0 Å². The van der Waals surface area contributed by atoms with Gasteiger partial charge in [-0.25, -0.2) is 0 Å². The van der Waals surface area contributed by atoms with Gasteiger partial charge in [0, 0.05) is 19.2 Å². The fourth-order valence-corrected chi connectivity index (χ4v) is 1.86. The number of carbonyl (C=O) groups excluding carboxylic acids is 2. The molecule has 5 heteroatoms. The van der Waals surface area contributed by atoms with E-state index in [0.717, 1.165) is 24.1 Å². The zero-order chi connectivity index (χ0) is 15.0. The summed E-state index contributed by atoms with van der Waals surface area (Å²) in [7, 11) is 0. The molecule has 1 atom stereocenters. The van der Waals surface area contributed by atoms with E-state index in [9.17, 15) is 9.59 Å². The molecule has 1 unspecified atom stereocenters. The molecule has 4 N–H and O–H groups in total. The Morgan fingerprint density at radius 2 is 1.90 bits per heavy atom. The third kappa shape index (κ3) is 5.84. The van der Waals surface area contributed by atoms with Crippen molar-refractivity contribution < 1.29 is 9.59 Å². The van der Waals surface area contributed by atoms with Crippen LogP contribution in [0.3, 0.4) is 0 Å². The second-order valence-corrected chi connectivity index (χ2v) is 4.81. The minimum Gasteiger partial charge on any atom is -0.354 e. The summed E-state index contributed by atoms with van der Waals surface area (Å²) in [5, 5.41) is 5.54. The monoisotopic (exact) mass is 277 g/mol. The summed E-state index contributed by atoms with van der Waals surface area (Å²) in [4.78, 5) is 22.5. The summed E-state index contributed by atoms with van der Waals surface area (Å²) in [6, 6.07) is 7.15. The van der Waals surface area contributed by atoms with Gasteiger partial charge in [0.25, 0.3) is 0 Å². The van der Waals surface area contributed by atoms with Gasteiger partial charge in [-0.2, -0.15) is 0 Å². The van der Waals surface area contributed by atoms with E-state index in [4.69, 9.17) is 5.73 Å². The van der Waals surface area contributed by atoms with Crippen LogP contribution in [0.15, 0.2) is 24.3 Å². The summed E-state index contributed by atoms with van der Waals surface area (Å²) >= 11 is 0. The van der Waals surface area contributed by atoms with Crippen molar-refractivity contribution in [2.75, 3.05) is 11.9 Å². The van der Waals surface area contributed by atoms with Gasteiger partial charge in [0.2, 0.25) is 11.8 Å². The van der Waals surface area contributed by atoms with E-state index >= 15 is 0 Å². The van der Waals surface area contributed by atoms with Crippen molar-refractivity contribution in [3.05, 3.63) is 29.8 Å². The molecule has 0 saturated heterocycles. The number of hydrogen-bond acceptors (Lipinski definition) is 3. The Labute approximate surface area is 119 Å². The number of benzene rings is 1. The first-order chi connectivity index (χ1) is 9.52. The highest BCUT2D eigenvalue weighted by Gasteiger charge is 2.10. The van der Waals surface area contributed by atoms with Gasteiger partial charge >= 0.3 is 0 Å². The zero-order valence-electron chi connectivity index (χ0n) is 12.1. The minimum atomic E-state index is -0.415. The van der Waals surface area contributed by atoms with Crippen LogP contribution in [0.2, 0.25) is 0 Å². The predicted octanol–water partition coefficient (Wildman–Crippen LogP) is 1.43.